The Morgan fingerprint density at radius 2 is 1.24 bits per heavy atom. The molecule has 0 N–H and O–H groups in total. The molecule has 0 heterocycles. The Labute approximate surface area is 240 Å². The maximum atomic E-state index is 14.0. The number of methoxy groups -OCH3 is 2. The molecule has 12 heteroatoms. The van der Waals surface area contributed by atoms with E-state index >= 15 is 0 Å². The van der Waals surface area contributed by atoms with Crippen LogP contribution in [0.15, 0.2) is 89.8 Å². The Hall–Kier alpha value is -3.34. The van der Waals surface area contributed by atoms with E-state index in [1.54, 1.807) is 67.6 Å². The second kappa shape index (κ2) is 15.0. The molecule has 2 atom stereocenters. The lowest BCUT2D eigenvalue weighted by molar-refractivity contribution is -0.152. The fourth-order valence-corrected chi connectivity index (χ4v) is 6.66. The minimum Gasteiger partial charge on any atom is -0.469 e. The number of esters is 2. The highest BCUT2D eigenvalue weighted by atomic mass is 32.2. The quantitative estimate of drug-likeness (QED) is 0.132. The van der Waals surface area contributed by atoms with Crippen molar-refractivity contribution in [3.8, 4) is 0 Å². The molecule has 0 saturated carbocycles. The molecular formula is C29H33O10PS. The summed E-state index contributed by atoms with van der Waals surface area (Å²) in [5.74, 6) is -3.21. The first-order valence-corrected chi connectivity index (χ1v) is 15.8. The van der Waals surface area contributed by atoms with Gasteiger partial charge in [-0.05, 0) is 36.6 Å². The van der Waals surface area contributed by atoms with Crippen molar-refractivity contribution in [1.29, 1.82) is 0 Å². The molecule has 0 radical (unpaired) electrons. The lowest BCUT2D eigenvalue weighted by Gasteiger charge is -2.25. The molecule has 0 aliphatic heterocycles. The van der Waals surface area contributed by atoms with E-state index in [1.807, 2.05) is 12.1 Å². The third kappa shape index (κ3) is 9.91. The van der Waals surface area contributed by atoms with Crippen LogP contribution in [0.3, 0.4) is 0 Å². The van der Waals surface area contributed by atoms with Gasteiger partial charge in [0, 0.05) is 0 Å². The lowest BCUT2D eigenvalue weighted by Crippen LogP contribution is -2.34. The van der Waals surface area contributed by atoms with Gasteiger partial charge in [0.15, 0.2) is 6.10 Å². The van der Waals surface area contributed by atoms with Crippen LogP contribution in [0, 0.1) is 12.8 Å². The molecule has 0 aromatic heterocycles. The molecule has 3 aromatic carbocycles. The van der Waals surface area contributed by atoms with Crippen molar-refractivity contribution in [3.63, 3.8) is 0 Å². The van der Waals surface area contributed by atoms with Crippen LogP contribution in [0.5, 0.6) is 0 Å². The highest BCUT2D eigenvalue weighted by Gasteiger charge is 2.39. The van der Waals surface area contributed by atoms with Crippen LogP contribution in [0.25, 0.3) is 0 Å². The summed E-state index contributed by atoms with van der Waals surface area (Å²) < 4.78 is 66.3. The Bertz CT molecular complexity index is 1380. The molecule has 0 fully saturated rings. The lowest BCUT2D eigenvalue weighted by atomic mass is 10.0. The monoisotopic (exact) mass is 604 g/mol. The number of aryl methyl sites for hydroxylation is 1. The van der Waals surface area contributed by atoms with Crippen molar-refractivity contribution in [2.45, 2.75) is 37.6 Å². The second-order valence-corrected chi connectivity index (χ2v) is 12.8. The highest BCUT2D eigenvalue weighted by molar-refractivity contribution is 7.86. The van der Waals surface area contributed by atoms with Crippen LogP contribution in [0.1, 0.15) is 23.1 Å². The number of benzene rings is 3. The Balaban J connectivity index is 1.87. The zero-order chi connectivity index (χ0) is 29.9. The fraction of sp³-hybridized carbons (Fsp3) is 0.310. The van der Waals surface area contributed by atoms with E-state index in [9.17, 15) is 22.6 Å². The van der Waals surface area contributed by atoms with E-state index < -0.39 is 54.3 Å². The van der Waals surface area contributed by atoms with Gasteiger partial charge in [0.25, 0.3) is 10.1 Å². The molecule has 0 saturated heterocycles. The summed E-state index contributed by atoms with van der Waals surface area (Å²) in [5.41, 5.74) is 2.25. The first-order valence-electron chi connectivity index (χ1n) is 12.7. The predicted octanol–water partition coefficient (Wildman–Crippen LogP) is 5.05. The maximum absolute atomic E-state index is 14.0. The minimum absolute atomic E-state index is 0.0838. The molecule has 10 nitrogen and oxygen atoms in total. The number of carbonyl (C=O) groups excluding carboxylic acids is 2. The summed E-state index contributed by atoms with van der Waals surface area (Å²) in [5, 5.41) is 0. The smallest absolute Gasteiger partial charge is 0.336 e. The minimum atomic E-state index is -4.43. The first kappa shape index (κ1) is 32.2. The van der Waals surface area contributed by atoms with Crippen molar-refractivity contribution in [1.82, 2.24) is 0 Å². The van der Waals surface area contributed by atoms with Crippen molar-refractivity contribution in [3.05, 3.63) is 102 Å². The van der Waals surface area contributed by atoms with Gasteiger partial charge < -0.3 is 18.5 Å². The summed E-state index contributed by atoms with van der Waals surface area (Å²) >= 11 is 0. The van der Waals surface area contributed by atoms with Gasteiger partial charge in [-0.2, -0.15) is 8.42 Å². The van der Waals surface area contributed by atoms with Gasteiger partial charge in [0.1, 0.15) is 0 Å². The zero-order valence-corrected chi connectivity index (χ0v) is 24.7. The van der Waals surface area contributed by atoms with Crippen LogP contribution < -0.4 is 0 Å². The normalized spacial score (nSPS) is 13.2. The second-order valence-electron chi connectivity index (χ2n) is 9.14. The molecule has 0 unspecified atom stereocenters. The van der Waals surface area contributed by atoms with Crippen LogP contribution in [0.2, 0.25) is 0 Å². The van der Waals surface area contributed by atoms with E-state index in [-0.39, 0.29) is 18.1 Å². The van der Waals surface area contributed by atoms with Gasteiger partial charge in [0.2, 0.25) is 0 Å². The zero-order valence-electron chi connectivity index (χ0n) is 23.0. The standard InChI is InChI=1S/C29H33O10PS/c1-22-14-16-26(17-15-22)41(33,34)39-27(29(31)36-3)18-25(28(30)35-2)21-40(32,37-19-23-10-6-4-7-11-23)38-20-24-12-8-5-9-13-24/h4-17,25,27H,18-21H2,1-3H3/t25-,27-/m0/s1. The molecule has 3 aromatic rings. The topological polar surface area (TPSA) is 132 Å². The molecule has 3 rings (SSSR count). The number of carbonyl (C=O) groups is 2. The molecule has 0 aliphatic rings. The Kier molecular flexibility index (Phi) is 11.8. The fourth-order valence-electron chi connectivity index (χ4n) is 3.80. The van der Waals surface area contributed by atoms with E-state index in [0.29, 0.717) is 11.1 Å². The third-order valence-corrected chi connectivity index (χ3v) is 9.30. The van der Waals surface area contributed by atoms with Crippen LogP contribution in [-0.4, -0.2) is 46.8 Å². The number of rotatable bonds is 15. The largest absolute Gasteiger partial charge is 0.469 e. The summed E-state index contributed by atoms with van der Waals surface area (Å²) in [6.07, 6.45) is -2.79. The SMILES string of the molecule is COC(=O)[C@@H](C[C@H](OS(=O)(=O)c1ccc(C)cc1)C(=O)OC)CP(=O)(OCc1ccccc1)OCc1ccccc1. The van der Waals surface area contributed by atoms with Gasteiger partial charge in [-0.3, -0.25) is 13.5 Å². The highest BCUT2D eigenvalue weighted by Crippen LogP contribution is 2.52. The molecule has 0 aliphatic carbocycles. The first-order chi connectivity index (χ1) is 19.5. The molecule has 0 bridgehead atoms. The van der Waals surface area contributed by atoms with Gasteiger partial charge in [-0.15, -0.1) is 0 Å². The maximum Gasteiger partial charge on any atom is 0.336 e. The van der Waals surface area contributed by atoms with Gasteiger partial charge in [-0.1, -0.05) is 78.4 Å². The van der Waals surface area contributed by atoms with Gasteiger partial charge >= 0.3 is 19.5 Å². The molecule has 0 spiro atoms. The Morgan fingerprint density at radius 3 is 1.71 bits per heavy atom. The molecule has 41 heavy (non-hydrogen) atoms. The number of ether oxygens (including phenoxy) is 2. The Morgan fingerprint density at radius 1 is 0.756 bits per heavy atom. The summed E-state index contributed by atoms with van der Waals surface area (Å²) in [6, 6.07) is 23.7. The van der Waals surface area contributed by atoms with Gasteiger partial charge in [-0.25, -0.2) is 4.79 Å². The summed E-state index contributed by atoms with van der Waals surface area (Å²) in [6.45, 7) is 1.62. The summed E-state index contributed by atoms with van der Waals surface area (Å²) in [7, 11) is -6.30. The van der Waals surface area contributed by atoms with Crippen LogP contribution >= 0.6 is 7.60 Å². The van der Waals surface area contributed by atoms with Crippen LogP contribution in [-0.2, 0) is 60.2 Å². The predicted molar refractivity (Wildman–Crippen MR) is 150 cm³/mol. The van der Waals surface area contributed by atoms with E-state index in [4.69, 9.17) is 22.7 Å². The van der Waals surface area contributed by atoms with E-state index in [0.717, 1.165) is 19.8 Å². The average molecular weight is 605 g/mol. The van der Waals surface area contributed by atoms with Gasteiger partial charge in [0.05, 0.1) is 44.4 Å². The third-order valence-electron chi connectivity index (χ3n) is 6.04. The van der Waals surface area contributed by atoms with Crippen molar-refractivity contribution < 1.29 is 45.3 Å². The number of hydrogen-bond acceptors (Lipinski definition) is 10. The summed E-state index contributed by atoms with van der Waals surface area (Å²) in [4.78, 5) is 25.3. The van der Waals surface area contributed by atoms with E-state index in [2.05, 4.69) is 0 Å². The van der Waals surface area contributed by atoms with Crippen molar-refractivity contribution >= 4 is 29.7 Å². The average Bonchev–Trinajstić information content (AvgIpc) is 2.98. The molecule has 220 valence electrons. The van der Waals surface area contributed by atoms with Crippen molar-refractivity contribution in [2.75, 3.05) is 20.4 Å². The number of hydrogen-bond donors (Lipinski definition) is 0. The van der Waals surface area contributed by atoms with Crippen LogP contribution in [0.4, 0.5) is 0 Å². The molecular weight excluding hydrogens is 571 g/mol. The van der Waals surface area contributed by atoms with E-state index in [1.165, 1.54) is 12.1 Å². The van der Waals surface area contributed by atoms with Crippen molar-refractivity contribution in [2.24, 2.45) is 5.92 Å². The molecule has 0 amide bonds.